The van der Waals surface area contributed by atoms with Gasteiger partial charge in [-0.3, -0.25) is 0 Å². The highest BCUT2D eigenvalue weighted by Crippen LogP contribution is 2.37. The molecule has 1 aromatic heterocycles. The average Bonchev–Trinajstić information content (AvgIpc) is 2.55. The predicted octanol–water partition coefficient (Wildman–Crippen LogP) is 4.19. The lowest BCUT2D eigenvalue weighted by Gasteiger charge is -1.96. The summed E-state index contributed by atoms with van der Waals surface area (Å²) in [5.41, 5.74) is 0. The van der Waals surface area contributed by atoms with E-state index in [1.807, 2.05) is 23.1 Å². The first-order valence-corrected chi connectivity index (χ1v) is 6.45. The van der Waals surface area contributed by atoms with Crippen LogP contribution in [0.1, 0.15) is 11.8 Å². The van der Waals surface area contributed by atoms with Gasteiger partial charge in [-0.2, -0.15) is 0 Å². The van der Waals surface area contributed by atoms with E-state index in [4.69, 9.17) is 0 Å². The Morgan fingerprint density at radius 3 is 2.77 bits per heavy atom. The highest BCUT2D eigenvalue weighted by atomic mass is 32.2. The van der Waals surface area contributed by atoms with E-state index < -0.39 is 0 Å². The van der Waals surface area contributed by atoms with Crippen molar-refractivity contribution in [2.24, 2.45) is 0 Å². The van der Waals surface area contributed by atoms with Gasteiger partial charge in [-0.15, -0.1) is 23.1 Å². The molecule has 0 bridgehead atoms. The van der Waals surface area contributed by atoms with Crippen molar-refractivity contribution in [3.8, 4) is 0 Å². The van der Waals surface area contributed by atoms with Gasteiger partial charge in [0.1, 0.15) is 0 Å². The molecule has 0 saturated heterocycles. The third-order valence-corrected chi connectivity index (χ3v) is 4.46. The zero-order valence-electron chi connectivity index (χ0n) is 7.83. The Kier molecular flexibility index (Phi) is 2.61. The molecular weight excluding hydrogens is 196 g/mol. The molecule has 0 spiro atoms. The molecule has 68 valence electrons. The molecule has 1 aromatic carbocycles. The molecule has 13 heavy (non-hydrogen) atoms. The van der Waals surface area contributed by atoms with Crippen molar-refractivity contribution in [2.45, 2.75) is 18.2 Å². The first-order valence-electron chi connectivity index (χ1n) is 4.41. The summed E-state index contributed by atoms with van der Waals surface area (Å²) in [6.07, 6.45) is 3.31. The summed E-state index contributed by atoms with van der Waals surface area (Å²) in [4.78, 5) is 3.00. The van der Waals surface area contributed by atoms with Gasteiger partial charge in [-0.05, 0) is 18.7 Å². The van der Waals surface area contributed by atoms with Crippen LogP contribution < -0.4 is 0 Å². The van der Waals surface area contributed by atoms with Crippen molar-refractivity contribution in [3.05, 3.63) is 29.1 Å². The highest BCUT2D eigenvalue weighted by Gasteiger charge is 2.08. The molecule has 2 heteroatoms. The van der Waals surface area contributed by atoms with E-state index in [-0.39, 0.29) is 0 Å². The van der Waals surface area contributed by atoms with E-state index in [1.165, 1.54) is 19.9 Å². The predicted molar refractivity (Wildman–Crippen MR) is 63.0 cm³/mol. The van der Waals surface area contributed by atoms with Crippen LogP contribution in [0.3, 0.4) is 0 Å². The maximum Gasteiger partial charge on any atom is 0.0357 e. The van der Waals surface area contributed by atoms with Crippen molar-refractivity contribution < 1.29 is 0 Å². The summed E-state index contributed by atoms with van der Waals surface area (Å²) >= 11 is 3.79. The standard InChI is InChI=1S/C11H12S2/c1-3-9-11(12-2)8-6-4-5-7-10(8)13-9/h4-7H,3H2,1-2H3. The van der Waals surface area contributed by atoms with E-state index >= 15 is 0 Å². The number of hydrogen-bond donors (Lipinski definition) is 0. The van der Waals surface area contributed by atoms with Gasteiger partial charge in [-0.1, -0.05) is 25.1 Å². The van der Waals surface area contributed by atoms with Crippen LogP contribution >= 0.6 is 23.1 Å². The fourth-order valence-electron chi connectivity index (χ4n) is 1.53. The monoisotopic (exact) mass is 208 g/mol. The SMILES string of the molecule is CCc1sc2ccccc2c1SC. The van der Waals surface area contributed by atoms with E-state index in [0.717, 1.165) is 6.42 Å². The zero-order chi connectivity index (χ0) is 9.26. The number of thiophene rings is 1. The van der Waals surface area contributed by atoms with Crippen molar-refractivity contribution in [2.75, 3.05) is 6.26 Å². The quantitative estimate of drug-likeness (QED) is 0.667. The fraction of sp³-hybridized carbons (Fsp3) is 0.273. The van der Waals surface area contributed by atoms with Crippen molar-refractivity contribution in [3.63, 3.8) is 0 Å². The molecule has 0 saturated carbocycles. The summed E-state index contributed by atoms with van der Waals surface area (Å²) in [7, 11) is 0. The Morgan fingerprint density at radius 2 is 2.08 bits per heavy atom. The maximum atomic E-state index is 2.23. The molecule has 0 atom stereocenters. The first-order chi connectivity index (χ1) is 6.36. The molecule has 0 aliphatic carbocycles. The van der Waals surface area contributed by atoms with Gasteiger partial charge < -0.3 is 0 Å². The lowest BCUT2D eigenvalue weighted by molar-refractivity contribution is 1.15. The molecule has 2 rings (SSSR count). The van der Waals surface area contributed by atoms with Crippen LogP contribution in [-0.2, 0) is 6.42 Å². The Labute approximate surface area is 87.0 Å². The van der Waals surface area contributed by atoms with Gasteiger partial charge >= 0.3 is 0 Å². The number of fused-ring (bicyclic) bond motifs is 1. The second kappa shape index (κ2) is 3.72. The van der Waals surface area contributed by atoms with Crippen LogP contribution in [0.4, 0.5) is 0 Å². The van der Waals surface area contributed by atoms with Gasteiger partial charge in [0.15, 0.2) is 0 Å². The largest absolute Gasteiger partial charge is 0.139 e. The smallest absolute Gasteiger partial charge is 0.0357 e. The Balaban J connectivity index is 2.73. The number of hydrogen-bond acceptors (Lipinski definition) is 2. The highest BCUT2D eigenvalue weighted by molar-refractivity contribution is 7.99. The summed E-state index contributed by atoms with van der Waals surface area (Å²) in [6, 6.07) is 8.66. The van der Waals surface area contributed by atoms with Crippen molar-refractivity contribution in [1.82, 2.24) is 0 Å². The third kappa shape index (κ3) is 1.49. The summed E-state index contributed by atoms with van der Waals surface area (Å²) in [5, 5.41) is 1.43. The lowest BCUT2D eigenvalue weighted by Crippen LogP contribution is -1.74. The fourth-order valence-corrected chi connectivity index (χ4v) is 3.78. The molecule has 0 amide bonds. The lowest BCUT2D eigenvalue weighted by atomic mass is 10.2. The molecule has 0 N–H and O–H groups in total. The van der Waals surface area contributed by atoms with Crippen LogP contribution in [0.25, 0.3) is 10.1 Å². The Bertz CT molecular complexity index is 415. The molecule has 0 fully saturated rings. The maximum absolute atomic E-state index is 2.23. The normalized spacial score (nSPS) is 10.9. The van der Waals surface area contributed by atoms with Gasteiger partial charge in [0.2, 0.25) is 0 Å². The van der Waals surface area contributed by atoms with Crippen molar-refractivity contribution in [1.29, 1.82) is 0 Å². The van der Waals surface area contributed by atoms with Crippen LogP contribution in [0.5, 0.6) is 0 Å². The molecule has 0 aliphatic rings. The van der Waals surface area contributed by atoms with Crippen LogP contribution in [0, 0.1) is 0 Å². The second-order valence-corrected chi connectivity index (χ2v) is 4.86. The molecule has 0 unspecified atom stereocenters. The van der Waals surface area contributed by atoms with E-state index in [0.29, 0.717) is 0 Å². The van der Waals surface area contributed by atoms with E-state index in [9.17, 15) is 0 Å². The molecule has 0 aliphatic heterocycles. The van der Waals surface area contributed by atoms with Crippen molar-refractivity contribution >= 4 is 33.2 Å². The van der Waals surface area contributed by atoms with E-state index in [1.54, 1.807) is 0 Å². The Hall–Kier alpha value is -0.470. The number of thioether (sulfide) groups is 1. The van der Waals surface area contributed by atoms with Gasteiger partial charge in [0.05, 0.1) is 0 Å². The molecule has 0 nitrogen and oxygen atoms in total. The second-order valence-electron chi connectivity index (χ2n) is 2.91. The molecular formula is C11H12S2. The minimum Gasteiger partial charge on any atom is -0.139 e. The topological polar surface area (TPSA) is 0 Å². The van der Waals surface area contributed by atoms with Crippen LogP contribution in [0.15, 0.2) is 29.2 Å². The number of rotatable bonds is 2. The molecule has 0 radical (unpaired) electrons. The molecule has 2 aromatic rings. The number of aryl methyl sites for hydroxylation is 1. The number of benzene rings is 1. The Morgan fingerprint density at radius 1 is 1.31 bits per heavy atom. The zero-order valence-corrected chi connectivity index (χ0v) is 9.47. The average molecular weight is 208 g/mol. The van der Waals surface area contributed by atoms with E-state index in [2.05, 4.69) is 37.4 Å². The van der Waals surface area contributed by atoms with Crippen LogP contribution in [-0.4, -0.2) is 6.26 Å². The minimum absolute atomic E-state index is 1.15. The first kappa shape index (κ1) is 9.10. The minimum atomic E-state index is 1.15. The molecule has 1 heterocycles. The summed E-state index contributed by atoms with van der Waals surface area (Å²) in [6.45, 7) is 2.23. The summed E-state index contributed by atoms with van der Waals surface area (Å²) < 4.78 is 1.42. The van der Waals surface area contributed by atoms with Gasteiger partial charge in [-0.25, -0.2) is 0 Å². The van der Waals surface area contributed by atoms with Gasteiger partial charge in [0, 0.05) is 19.9 Å². The third-order valence-electron chi connectivity index (χ3n) is 2.14. The van der Waals surface area contributed by atoms with Gasteiger partial charge in [0.25, 0.3) is 0 Å². The van der Waals surface area contributed by atoms with Crippen LogP contribution in [0.2, 0.25) is 0 Å². The summed E-state index contributed by atoms with van der Waals surface area (Å²) in [5.74, 6) is 0.